The van der Waals surface area contributed by atoms with Crippen molar-refractivity contribution in [2.24, 2.45) is 11.7 Å². The first kappa shape index (κ1) is 41.9. The van der Waals surface area contributed by atoms with Gasteiger partial charge in [0.25, 0.3) is 5.91 Å². The fourth-order valence-corrected chi connectivity index (χ4v) is 8.99. The second-order valence-corrected chi connectivity index (χ2v) is 17.9. The molecule has 5 N–H and O–H groups in total. The summed E-state index contributed by atoms with van der Waals surface area (Å²) in [6.45, 7) is 5.01. The van der Waals surface area contributed by atoms with Crippen molar-refractivity contribution < 1.29 is 28.7 Å². The number of amides is 5. The van der Waals surface area contributed by atoms with Gasteiger partial charge in [-0.15, -0.1) is 0 Å². The van der Waals surface area contributed by atoms with Gasteiger partial charge in [0.05, 0.1) is 19.0 Å². The molecule has 15 heteroatoms. The maximum Gasteiger partial charge on any atom is 0.255 e. The number of nitrogens with zero attached hydrogens (tertiary/aromatic N) is 4. The van der Waals surface area contributed by atoms with Crippen molar-refractivity contribution in [3.8, 4) is 5.75 Å². The molecule has 14 nitrogen and oxygen atoms in total. The average molecular weight is 845 g/mol. The number of imide groups is 1. The molecule has 3 aliphatic heterocycles. The van der Waals surface area contributed by atoms with E-state index in [1.807, 2.05) is 66.9 Å². The second kappa shape index (κ2) is 18.4. The summed E-state index contributed by atoms with van der Waals surface area (Å²) in [7, 11) is 0. The van der Waals surface area contributed by atoms with Crippen LogP contribution in [-0.4, -0.2) is 75.7 Å². The zero-order chi connectivity index (χ0) is 42.5. The lowest BCUT2D eigenvalue weighted by Crippen LogP contribution is -2.52. The number of ether oxygens (including phenoxy) is 1. The molecule has 1 aromatic heterocycles. The third-order valence-electron chi connectivity index (χ3n) is 12.0. The van der Waals surface area contributed by atoms with E-state index in [0.29, 0.717) is 38.1 Å². The predicted molar refractivity (Wildman–Crippen MR) is 231 cm³/mol. The highest BCUT2D eigenvalue weighted by molar-refractivity contribution is 7.99. The number of rotatable bonds is 16. The van der Waals surface area contributed by atoms with Gasteiger partial charge in [-0.3, -0.25) is 29.3 Å². The minimum Gasteiger partial charge on any atom is -0.494 e. The van der Waals surface area contributed by atoms with Crippen molar-refractivity contribution in [3.63, 3.8) is 0 Å². The Balaban J connectivity index is 0.698. The van der Waals surface area contributed by atoms with Gasteiger partial charge < -0.3 is 30.9 Å². The Bertz CT molecular complexity index is 2280. The second-order valence-electron chi connectivity index (χ2n) is 16.8. The van der Waals surface area contributed by atoms with Gasteiger partial charge in [0.1, 0.15) is 22.6 Å². The summed E-state index contributed by atoms with van der Waals surface area (Å²) >= 11 is 1.51. The molecule has 3 fully saturated rings. The number of hydrogen-bond donors (Lipinski definition) is 4. The third kappa shape index (κ3) is 10.6. The first-order valence-corrected chi connectivity index (χ1v) is 22.0. The Hall–Kier alpha value is -5.80. The van der Waals surface area contributed by atoms with Crippen LogP contribution < -0.4 is 31.3 Å². The number of carbonyl (C=O) groups excluding carboxylic acids is 5. The number of carbonyl (C=O) groups is 5. The fraction of sp³-hybridized carbons (Fsp3) is 0.413. The first-order chi connectivity index (χ1) is 29.5. The van der Waals surface area contributed by atoms with Crippen LogP contribution in [0.3, 0.4) is 0 Å². The molecule has 5 amide bonds. The largest absolute Gasteiger partial charge is 0.494 e. The summed E-state index contributed by atoms with van der Waals surface area (Å²) in [5.41, 5.74) is 10.2. The molecule has 4 aromatic rings. The van der Waals surface area contributed by atoms with Crippen LogP contribution in [0.15, 0.2) is 89.0 Å². The number of benzene rings is 3. The lowest BCUT2D eigenvalue weighted by atomic mass is 9.91. The van der Waals surface area contributed by atoms with Crippen molar-refractivity contribution in [3.05, 3.63) is 101 Å². The number of hydrogen-bond acceptors (Lipinski definition) is 11. The Labute approximate surface area is 359 Å². The summed E-state index contributed by atoms with van der Waals surface area (Å²) in [6.07, 6.45) is 9.62. The van der Waals surface area contributed by atoms with Gasteiger partial charge in [-0.2, -0.15) is 0 Å². The average Bonchev–Trinajstić information content (AvgIpc) is 3.99. The first-order valence-electron chi connectivity index (χ1n) is 21.2. The van der Waals surface area contributed by atoms with Gasteiger partial charge in [-0.05, 0) is 111 Å². The summed E-state index contributed by atoms with van der Waals surface area (Å²) in [5.74, 6) is 0.640. The maximum absolute atomic E-state index is 13.2. The standard InChI is InChI=1S/C46H52N8O6S/c1-46(47)17-19-53(20-18-46)39-26-49-42(27-48-39)61-34-7-5-6-32(23-34)51-40(55)8-3-2-4-21-60-33-13-11-30(12-14-33)35-24-37(35)43(57)50-25-29-9-10-31-28-54(45(59)36(31)22-29)38-15-16-41(56)52-44(38)58/h5-7,9-14,22-23,26-27,35,37-38H,2-4,8,15-21,24-25,28,47H2,1H3,(H,50,57)(H,51,55)(H,52,56,58). The van der Waals surface area contributed by atoms with E-state index < -0.39 is 11.9 Å². The topological polar surface area (TPSA) is 189 Å². The minimum absolute atomic E-state index is 0.0231. The number of nitrogens with one attached hydrogen (secondary N) is 3. The van der Waals surface area contributed by atoms with E-state index in [4.69, 9.17) is 10.5 Å². The number of unbranched alkanes of at least 4 members (excludes halogenated alkanes) is 2. The van der Waals surface area contributed by atoms with Gasteiger partial charge in [0.15, 0.2) is 0 Å². The smallest absolute Gasteiger partial charge is 0.255 e. The molecular weight excluding hydrogens is 793 g/mol. The summed E-state index contributed by atoms with van der Waals surface area (Å²) in [6, 6.07) is 20.6. The highest BCUT2D eigenvalue weighted by Crippen LogP contribution is 2.48. The minimum atomic E-state index is -0.658. The zero-order valence-electron chi connectivity index (χ0n) is 34.4. The van der Waals surface area contributed by atoms with Gasteiger partial charge in [0, 0.05) is 66.6 Å². The summed E-state index contributed by atoms with van der Waals surface area (Å²) < 4.78 is 5.96. The number of nitrogens with two attached hydrogens (primary N) is 1. The highest BCUT2D eigenvalue weighted by Gasteiger charge is 2.44. The van der Waals surface area contributed by atoms with E-state index in [2.05, 4.69) is 37.7 Å². The molecule has 4 aliphatic rings. The van der Waals surface area contributed by atoms with Crippen LogP contribution in [0.5, 0.6) is 5.75 Å². The number of anilines is 2. The van der Waals surface area contributed by atoms with Crippen molar-refractivity contribution in [1.82, 2.24) is 25.5 Å². The summed E-state index contributed by atoms with van der Waals surface area (Å²) in [5, 5.41) is 9.16. The van der Waals surface area contributed by atoms with Crippen LogP contribution >= 0.6 is 11.8 Å². The van der Waals surface area contributed by atoms with E-state index in [1.165, 1.54) is 16.7 Å². The highest BCUT2D eigenvalue weighted by atomic mass is 32.2. The zero-order valence-corrected chi connectivity index (χ0v) is 35.2. The van der Waals surface area contributed by atoms with Gasteiger partial charge >= 0.3 is 0 Å². The number of aromatic nitrogens is 2. The van der Waals surface area contributed by atoms with E-state index >= 15 is 0 Å². The Morgan fingerprint density at radius 2 is 1.80 bits per heavy atom. The lowest BCUT2D eigenvalue weighted by molar-refractivity contribution is -0.137. The SMILES string of the molecule is CC1(N)CCN(c2cnc(Sc3cccc(NC(=O)CCCCCOc4ccc(C5CC5C(=O)NCc5ccc6c(c5)C(=O)N(C5CCC(=O)NC5=O)C6)cc4)c3)cn2)CC1. The number of piperidine rings is 2. The molecule has 3 aromatic carbocycles. The Morgan fingerprint density at radius 1 is 0.984 bits per heavy atom. The van der Waals surface area contributed by atoms with Crippen LogP contribution in [0.2, 0.25) is 0 Å². The number of fused-ring (bicyclic) bond motifs is 1. The van der Waals surface area contributed by atoms with E-state index in [0.717, 1.165) is 95.5 Å². The Morgan fingerprint density at radius 3 is 2.57 bits per heavy atom. The van der Waals surface area contributed by atoms with Crippen molar-refractivity contribution >= 4 is 52.8 Å². The van der Waals surface area contributed by atoms with Gasteiger partial charge in [-0.25, -0.2) is 9.97 Å². The molecule has 3 unspecified atom stereocenters. The molecular formula is C46H52N8O6S. The Kier molecular flexibility index (Phi) is 12.7. The molecule has 1 saturated carbocycles. The molecule has 61 heavy (non-hydrogen) atoms. The lowest BCUT2D eigenvalue weighted by Gasteiger charge is -2.37. The van der Waals surface area contributed by atoms with Gasteiger partial charge in [0.2, 0.25) is 23.6 Å². The summed E-state index contributed by atoms with van der Waals surface area (Å²) in [4.78, 5) is 76.8. The van der Waals surface area contributed by atoms with Gasteiger partial charge in [-0.1, -0.05) is 42.1 Å². The maximum atomic E-state index is 13.2. The van der Waals surface area contributed by atoms with Crippen LogP contribution in [-0.2, 0) is 32.3 Å². The van der Waals surface area contributed by atoms with Crippen LogP contribution in [0, 0.1) is 5.92 Å². The molecule has 2 saturated heterocycles. The normalized spacial score (nSPS) is 20.5. The van der Waals surface area contributed by atoms with Crippen molar-refractivity contribution in [1.29, 1.82) is 0 Å². The van der Waals surface area contributed by atoms with E-state index in [-0.39, 0.29) is 47.4 Å². The predicted octanol–water partition coefficient (Wildman–Crippen LogP) is 5.70. The van der Waals surface area contributed by atoms with Crippen molar-refractivity contribution in [2.45, 2.75) is 105 Å². The molecule has 3 atom stereocenters. The van der Waals surface area contributed by atoms with E-state index in [1.54, 1.807) is 12.3 Å². The quantitative estimate of drug-likeness (QED) is 0.0800. The third-order valence-corrected chi connectivity index (χ3v) is 12.9. The van der Waals surface area contributed by atoms with Crippen LogP contribution in [0.25, 0.3) is 0 Å². The van der Waals surface area contributed by atoms with E-state index in [9.17, 15) is 24.0 Å². The van der Waals surface area contributed by atoms with Crippen molar-refractivity contribution in [2.75, 3.05) is 29.9 Å². The molecule has 4 heterocycles. The molecule has 1 aliphatic carbocycles. The van der Waals surface area contributed by atoms with Crippen LogP contribution in [0.4, 0.5) is 11.5 Å². The molecule has 0 bridgehead atoms. The monoisotopic (exact) mass is 844 g/mol. The fourth-order valence-electron chi connectivity index (χ4n) is 8.20. The molecule has 0 radical (unpaired) electrons. The molecule has 0 spiro atoms. The molecule has 318 valence electrons. The van der Waals surface area contributed by atoms with Crippen LogP contribution in [0.1, 0.15) is 97.7 Å². The molecule has 8 rings (SSSR count).